The van der Waals surface area contributed by atoms with Crippen LogP contribution in [0.3, 0.4) is 0 Å². The number of carbonyl (C=O) groups excluding carboxylic acids is 2. The van der Waals surface area contributed by atoms with Crippen LogP contribution >= 0.6 is 0 Å². The molecule has 1 aromatic rings. The topological polar surface area (TPSA) is 93.4 Å². The molecule has 0 spiro atoms. The Balaban J connectivity index is 2.43. The van der Waals surface area contributed by atoms with Crippen molar-refractivity contribution < 1.29 is 14.3 Å². The van der Waals surface area contributed by atoms with E-state index in [9.17, 15) is 9.59 Å². The highest BCUT2D eigenvalue weighted by molar-refractivity contribution is 5.87. The molecule has 2 amide bonds. The number of aryl methyl sites for hydroxylation is 1. The van der Waals surface area contributed by atoms with Gasteiger partial charge in [-0.15, -0.1) is 0 Å². The van der Waals surface area contributed by atoms with E-state index in [2.05, 4.69) is 5.32 Å². The SMILES string of the molecule is Cc1ccccc1OCC(=O)NC(C)C(=O)NN. The molecule has 0 radical (unpaired) electrons. The van der Waals surface area contributed by atoms with Gasteiger partial charge in [-0.1, -0.05) is 18.2 Å². The van der Waals surface area contributed by atoms with Gasteiger partial charge in [0, 0.05) is 0 Å². The number of nitrogens with one attached hydrogen (secondary N) is 2. The third kappa shape index (κ3) is 4.06. The summed E-state index contributed by atoms with van der Waals surface area (Å²) in [4.78, 5) is 22.6. The number of nitrogens with two attached hydrogens (primary N) is 1. The van der Waals surface area contributed by atoms with Crippen molar-refractivity contribution >= 4 is 11.8 Å². The molecule has 18 heavy (non-hydrogen) atoms. The number of para-hydroxylation sites is 1. The highest BCUT2D eigenvalue weighted by Crippen LogP contribution is 2.15. The van der Waals surface area contributed by atoms with E-state index in [1.807, 2.05) is 30.5 Å². The number of amides is 2. The van der Waals surface area contributed by atoms with E-state index in [4.69, 9.17) is 10.6 Å². The maximum absolute atomic E-state index is 11.5. The van der Waals surface area contributed by atoms with Crippen LogP contribution in [0, 0.1) is 6.92 Å². The molecular formula is C12H17N3O3. The van der Waals surface area contributed by atoms with Gasteiger partial charge >= 0.3 is 0 Å². The minimum Gasteiger partial charge on any atom is -0.484 e. The third-order valence-electron chi connectivity index (χ3n) is 2.37. The Kier molecular flexibility index (Phi) is 5.13. The largest absolute Gasteiger partial charge is 0.484 e. The molecule has 0 aliphatic heterocycles. The second-order valence-corrected chi connectivity index (χ2v) is 3.85. The smallest absolute Gasteiger partial charge is 0.258 e. The predicted molar refractivity (Wildman–Crippen MR) is 66.6 cm³/mol. The van der Waals surface area contributed by atoms with Crippen LogP contribution in [0.25, 0.3) is 0 Å². The quantitative estimate of drug-likeness (QED) is 0.386. The van der Waals surface area contributed by atoms with Crippen LogP contribution in [0.1, 0.15) is 12.5 Å². The van der Waals surface area contributed by atoms with Crippen molar-refractivity contribution in [1.82, 2.24) is 10.7 Å². The number of hydrazine groups is 1. The fourth-order valence-electron chi connectivity index (χ4n) is 1.34. The lowest BCUT2D eigenvalue weighted by molar-refractivity contribution is -0.129. The first kappa shape index (κ1) is 14.0. The predicted octanol–water partition coefficient (Wildman–Crippen LogP) is -0.132. The minimum atomic E-state index is -0.692. The Morgan fingerprint density at radius 1 is 1.39 bits per heavy atom. The Bertz CT molecular complexity index is 434. The van der Waals surface area contributed by atoms with Gasteiger partial charge in [-0.05, 0) is 25.5 Å². The van der Waals surface area contributed by atoms with E-state index < -0.39 is 11.9 Å². The summed E-state index contributed by atoms with van der Waals surface area (Å²) in [6.07, 6.45) is 0. The lowest BCUT2D eigenvalue weighted by Crippen LogP contribution is -2.48. The Morgan fingerprint density at radius 3 is 2.67 bits per heavy atom. The molecule has 6 heteroatoms. The van der Waals surface area contributed by atoms with E-state index in [1.54, 1.807) is 6.07 Å². The maximum Gasteiger partial charge on any atom is 0.258 e. The Morgan fingerprint density at radius 2 is 2.06 bits per heavy atom. The summed E-state index contributed by atoms with van der Waals surface area (Å²) < 4.78 is 5.34. The lowest BCUT2D eigenvalue weighted by Gasteiger charge is -2.13. The molecule has 0 aliphatic rings. The van der Waals surface area contributed by atoms with Crippen molar-refractivity contribution in [2.45, 2.75) is 19.9 Å². The summed E-state index contributed by atoms with van der Waals surface area (Å²) in [7, 11) is 0. The maximum atomic E-state index is 11.5. The average Bonchev–Trinajstić information content (AvgIpc) is 2.36. The minimum absolute atomic E-state index is 0.146. The molecule has 1 atom stereocenters. The second-order valence-electron chi connectivity index (χ2n) is 3.85. The summed E-state index contributed by atoms with van der Waals surface area (Å²) in [5.74, 6) is 4.75. The van der Waals surface area contributed by atoms with Crippen molar-refractivity contribution in [1.29, 1.82) is 0 Å². The van der Waals surface area contributed by atoms with Gasteiger partial charge in [-0.3, -0.25) is 15.0 Å². The van der Waals surface area contributed by atoms with Gasteiger partial charge in [0.2, 0.25) is 0 Å². The van der Waals surface area contributed by atoms with Gasteiger partial charge in [0.15, 0.2) is 6.61 Å². The summed E-state index contributed by atoms with van der Waals surface area (Å²) >= 11 is 0. The number of carbonyl (C=O) groups is 2. The molecule has 1 unspecified atom stereocenters. The average molecular weight is 251 g/mol. The fraction of sp³-hybridized carbons (Fsp3) is 0.333. The molecule has 6 nitrogen and oxygen atoms in total. The van der Waals surface area contributed by atoms with E-state index in [0.717, 1.165) is 5.56 Å². The van der Waals surface area contributed by atoms with Crippen LogP contribution in [0.4, 0.5) is 0 Å². The van der Waals surface area contributed by atoms with Crippen molar-refractivity contribution in [2.75, 3.05) is 6.61 Å². The molecule has 0 aromatic heterocycles. The molecular weight excluding hydrogens is 234 g/mol. The first-order valence-electron chi connectivity index (χ1n) is 5.53. The van der Waals surface area contributed by atoms with Crippen LogP contribution in [-0.4, -0.2) is 24.5 Å². The summed E-state index contributed by atoms with van der Waals surface area (Å²) in [6.45, 7) is 3.28. The number of ether oxygens (including phenoxy) is 1. The summed E-state index contributed by atoms with van der Waals surface area (Å²) in [5, 5.41) is 2.46. The molecule has 1 aromatic carbocycles. The highest BCUT2D eigenvalue weighted by atomic mass is 16.5. The van der Waals surface area contributed by atoms with Crippen molar-refractivity contribution in [3.63, 3.8) is 0 Å². The third-order valence-corrected chi connectivity index (χ3v) is 2.37. The van der Waals surface area contributed by atoms with Gasteiger partial charge in [-0.2, -0.15) is 0 Å². The molecule has 0 heterocycles. The summed E-state index contributed by atoms with van der Waals surface area (Å²) in [6, 6.07) is 6.68. The number of rotatable bonds is 5. The zero-order valence-corrected chi connectivity index (χ0v) is 10.4. The zero-order chi connectivity index (χ0) is 13.5. The van der Waals surface area contributed by atoms with Gasteiger partial charge in [-0.25, -0.2) is 5.84 Å². The molecule has 0 aliphatic carbocycles. The highest BCUT2D eigenvalue weighted by Gasteiger charge is 2.14. The zero-order valence-electron chi connectivity index (χ0n) is 10.4. The standard InChI is InChI=1S/C12H17N3O3/c1-8-5-3-4-6-10(8)18-7-11(16)14-9(2)12(17)15-13/h3-6,9H,7,13H2,1-2H3,(H,14,16)(H,15,17). The first-order valence-corrected chi connectivity index (χ1v) is 5.53. The van der Waals surface area contributed by atoms with Gasteiger partial charge in [0.05, 0.1) is 0 Å². The van der Waals surface area contributed by atoms with Crippen LogP contribution in [-0.2, 0) is 9.59 Å². The first-order chi connectivity index (χ1) is 8.54. The van der Waals surface area contributed by atoms with Crippen LogP contribution in [0.15, 0.2) is 24.3 Å². The molecule has 0 fully saturated rings. The normalized spacial score (nSPS) is 11.5. The Hall–Kier alpha value is -2.08. The van der Waals surface area contributed by atoms with Crippen LogP contribution in [0.5, 0.6) is 5.75 Å². The molecule has 0 saturated heterocycles. The van der Waals surface area contributed by atoms with Crippen LogP contribution < -0.4 is 21.3 Å². The monoisotopic (exact) mass is 251 g/mol. The van der Waals surface area contributed by atoms with E-state index in [1.165, 1.54) is 6.92 Å². The van der Waals surface area contributed by atoms with Crippen molar-refractivity contribution in [3.05, 3.63) is 29.8 Å². The van der Waals surface area contributed by atoms with Gasteiger partial charge in [0.25, 0.3) is 11.8 Å². The van der Waals surface area contributed by atoms with E-state index >= 15 is 0 Å². The molecule has 4 N–H and O–H groups in total. The molecule has 1 rings (SSSR count). The molecule has 98 valence electrons. The van der Waals surface area contributed by atoms with Crippen LogP contribution in [0.2, 0.25) is 0 Å². The fourth-order valence-corrected chi connectivity index (χ4v) is 1.34. The molecule has 0 bridgehead atoms. The lowest BCUT2D eigenvalue weighted by atomic mass is 10.2. The molecule has 0 saturated carbocycles. The second kappa shape index (κ2) is 6.61. The number of hydrogen-bond donors (Lipinski definition) is 3. The van der Waals surface area contributed by atoms with E-state index in [-0.39, 0.29) is 12.5 Å². The van der Waals surface area contributed by atoms with Crippen molar-refractivity contribution in [3.8, 4) is 5.75 Å². The van der Waals surface area contributed by atoms with Gasteiger partial charge < -0.3 is 10.1 Å². The van der Waals surface area contributed by atoms with E-state index in [0.29, 0.717) is 5.75 Å². The number of hydrogen-bond acceptors (Lipinski definition) is 4. The Labute approximate surface area is 105 Å². The summed E-state index contributed by atoms with van der Waals surface area (Å²) in [5.41, 5.74) is 2.90. The number of benzene rings is 1. The van der Waals surface area contributed by atoms with Crippen molar-refractivity contribution in [2.24, 2.45) is 5.84 Å². The van der Waals surface area contributed by atoms with Gasteiger partial charge in [0.1, 0.15) is 11.8 Å².